The summed E-state index contributed by atoms with van der Waals surface area (Å²) in [5.74, 6) is -1.11. The second-order valence-corrected chi connectivity index (χ2v) is 13.4. The van der Waals surface area contributed by atoms with Gasteiger partial charge in [-0.2, -0.15) is 0 Å². The Hall–Kier alpha value is -3.96. The quantitative estimate of drug-likeness (QED) is 0.255. The Labute approximate surface area is 260 Å². The molecule has 2 bridgehead atoms. The fourth-order valence-electron chi connectivity index (χ4n) is 8.78. The Balaban J connectivity index is 0.000000284. The van der Waals surface area contributed by atoms with Gasteiger partial charge in [-0.25, -0.2) is 0 Å². The molecule has 0 aromatic heterocycles. The molecule has 0 unspecified atom stereocenters. The summed E-state index contributed by atoms with van der Waals surface area (Å²) in [4.78, 5) is 50.6. The van der Waals surface area contributed by atoms with Crippen LogP contribution in [0.3, 0.4) is 0 Å². The molecule has 2 amide bonds. The largest absolute Gasteiger partial charge is 0.504 e. The highest BCUT2D eigenvalue weighted by molar-refractivity contribution is 6.21. The van der Waals surface area contributed by atoms with Gasteiger partial charge in [-0.3, -0.25) is 29.0 Å². The number of piperidine rings is 1. The maximum atomic E-state index is 13.5. The molecule has 1 spiro atoms. The van der Waals surface area contributed by atoms with Crippen molar-refractivity contribution in [3.8, 4) is 11.5 Å². The minimum absolute atomic E-state index is 0.0333. The lowest BCUT2D eigenvalue weighted by Gasteiger charge is -2.64. The minimum atomic E-state index is -1.04. The van der Waals surface area contributed by atoms with Crippen LogP contribution in [0.2, 0.25) is 0 Å². The van der Waals surface area contributed by atoms with Crippen LogP contribution >= 0.6 is 0 Å². The van der Waals surface area contributed by atoms with Crippen molar-refractivity contribution in [3.63, 3.8) is 0 Å². The number of phenols is 1. The molecular formula is C34H38N2O9. The molecule has 11 nitrogen and oxygen atoms in total. The van der Waals surface area contributed by atoms with Crippen LogP contribution in [0.5, 0.6) is 11.5 Å². The van der Waals surface area contributed by atoms with Gasteiger partial charge in [0.25, 0.3) is 11.8 Å². The van der Waals surface area contributed by atoms with E-state index in [2.05, 4.69) is 4.90 Å². The molecule has 3 aliphatic carbocycles. The van der Waals surface area contributed by atoms with E-state index in [9.17, 15) is 29.4 Å². The van der Waals surface area contributed by atoms with Crippen LogP contribution < -0.4 is 4.74 Å². The van der Waals surface area contributed by atoms with E-state index in [0.29, 0.717) is 49.0 Å². The number of aliphatic carboxylic acids is 2. The van der Waals surface area contributed by atoms with Crippen LogP contribution in [0.4, 0.5) is 0 Å². The van der Waals surface area contributed by atoms with Crippen molar-refractivity contribution in [2.45, 2.75) is 93.4 Å². The zero-order valence-electron chi connectivity index (χ0n) is 25.0. The van der Waals surface area contributed by atoms with Gasteiger partial charge in [-0.15, -0.1) is 0 Å². The fraction of sp³-hybridized carbons (Fsp3) is 0.529. The average Bonchev–Trinajstić information content (AvgIpc) is 3.70. The van der Waals surface area contributed by atoms with Crippen molar-refractivity contribution in [2.75, 3.05) is 13.1 Å². The highest BCUT2D eigenvalue weighted by atomic mass is 16.5. The van der Waals surface area contributed by atoms with Gasteiger partial charge in [0.15, 0.2) is 11.5 Å². The number of carbonyl (C=O) groups is 4. The van der Waals surface area contributed by atoms with E-state index in [0.717, 1.165) is 36.6 Å². The van der Waals surface area contributed by atoms with E-state index in [1.54, 1.807) is 30.3 Å². The second-order valence-electron chi connectivity index (χ2n) is 13.4. The van der Waals surface area contributed by atoms with E-state index < -0.39 is 35.1 Å². The first kappa shape index (κ1) is 29.7. The highest BCUT2D eigenvalue weighted by Gasteiger charge is 2.74. The van der Waals surface area contributed by atoms with E-state index >= 15 is 0 Å². The van der Waals surface area contributed by atoms with Gasteiger partial charge in [0.2, 0.25) is 0 Å². The number of benzene rings is 2. The van der Waals surface area contributed by atoms with Gasteiger partial charge in [-0.05, 0) is 87.6 Å². The highest BCUT2D eigenvalue weighted by Crippen LogP contribution is 2.66. The fourth-order valence-corrected chi connectivity index (χ4v) is 8.78. The standard InChI is InChI=1S/C28H28N2O5.C6H10O4/c31-20-8-7-16-13-21-28(34)10-9-19(30-25(32)17-3-1-2-4-18(17)26(30)33)24-27(28,22(16)23(20)35-24)11-12-29(21)14-15-5-6-15;7-5(8)3-1-2-4-6(9)10/h1-4,7-8,15,19,21,24,31,34H,5-6,9-14H2;1-4H2,(H,7,8)(H,9,10)/t19-,21+,24+,27+,28-;/m1./s1. The van der Waals surface area contributed by atoms with Crippen molar-refractivity contribution < 1.29 is 44.3 Å². The van der Waals surface area contributed by atoms with Crippen LogP contribution in [0.15, 0.2) is 36.4 Å². The lowest BCUT2D eigenvalue weighted by molar-refractivity contribution is -0.196. The summed E-state index contributed by atoms with van der Waals surface area (Å²) in [6, 6.07) is 10.1. The van der Waals surface area contributed by atoms with Crippen LogP contribution in [-0.4, -0.2) is 90.9 Å². The molecular weight excluding hydrogens is 580 g/mol. The third-order valence-electron chi connectivity index (χ3n) is 10.9. The third-order valence-corrected chi connectivity index (χ3v) is 10.9. The first-order chi connectivity index (χ1) is 21.6. The number of likely N-dealkylation sites (tertiary alicyclic amines) is 1. The lowest BCUT2D eigenvalue weighted by atomic mass is 9.48. The number of carboxylic acids is 2. The number of hydrogen-bond acceptors (Lipinski definition) is 8. The molecule has 3 heterocycles. The number of carbonyl (C=O) groups excluding carboxylic acids is 2. The molecule has 238 valence electrons. The summed E-state index contributed by atoms with van der Waals surface area (Å²) in [7, 11) is 0. The van der Waals surface area contributed by atoms with Crippen molar-refractivity contribution in [1.29, 1.82) is 0 Å². The average molecular weight is 619 g/mol. The van der Waals surface area contributed by atoms with Gasteiger partial charge in [0, 0.05) is 31.0 Å². The molecule has 8 rings (SSSR count). The monoisotopic (exact) mass is 618 g/mol. The number of fused-ring (bicyclic) bond motifs is 1. The van der Waals surface area contributed by atoms with E-state index in [-0.39, 0.29) is 36.4 Å². The Morgan fingerprint density at radius 1 is 0.911 bits per heavy atom. The molecule has 2 saturated carbocycles. The lowest BCUT2D eigenvalue weighted by Crippen LogP contribution is -2.78. The smallest absolute Gasteiger partial charge is 0.303 e. The number of aromatic hydroxyl groups is 1. The topological polar surface area (TPSA) is 165 Å². The summed E-state index contributed by atoms with van der Waals surface area (Å²) in [6.45, 7) is 1.85. The second kappa shape index (κ2) is 10.8. The molecule has 11 heteroatoms. The number of unbranched alkanes of at least 4 members (excludes halogenated alkanes) is 1. The van der Waals surface area contributed by atoms with Gasteiger partial charge in [0.05, 0.1) is 28.2 Å². The van der Waals surface area contributed by atoms with E-state index in [4.69, 9.17) is 14.9 Å². The number of aliphatic hydroxyl groups is 1. The summed E-state index contributed by atoms with van der Waals surface area (Å²) in [6.07, 6.45) is 5.32. The number of carboxylic acid groups (broad SMARTS) is 2. The predicted molar refractivity (Wildman–Crippen MR) is 159 cm³/mol. The van der Waals surface area contributed by atoms with Crippen molar-refractivity contribution >= 4 is 23.8 Å². The van der Waals surface area contributed by atoms with Crippen LogP contribution in [0.1, 0.15) is 89.6 Å². The zero-order valence-corrected chi connectivity index (χ0v) is 25.0. The molecule has 3 fully saturated rings. The third kappa shape index (κ3) is 4.53. The first-order valence-electron chi connectivity index (χ1n) is 16.0. The molecule has 45 heavy (non-hydrogen) atoms. The zero-order chi connectivity index (χ0) is 31.7. The van der Waals surface area contributed by atoms with Gasteiger partial charge >= 0.3 is 11.9 Å². The molecule has 6 aliphatic rings. The van der Waals surface area contributed by atoms with Gasteiger partial charge in [0.1, 0.15) is 6.10 Å². The molecule has 2 aromatic carbocycles. The number of rotatable bonds is 8. The summed E-state index contributed by atoms with van der Waals surface area (Å²) >= 11 is 0. The van der Waals surface area contributed by atoms with E-state index in [1.165, 1.54) is 17.7 Å². The summed E-state index contributed by atoms with van der Waals surface area (Å²) in [5, 5.41) is 39.6. The predicted octanol–water partition coefficient (Wildman–Crippen LogP) is 3.34. The normalized spacial score (nSPS) is 30.6. The summed E-state index contributed by atoms with van der Waals surface area (Å²) in [5.41, 5.74) is 1.09. The van der Waals surface area contributed by atoms with Crippen molar-refractivity contribution in [1.82, 2.24) is 9.80 Å². The number of amides is 2. The Morgan fingerprint density at radius 3 is 2.16 bits per heavy atom. The summed E-state index contributed by atoms with van der Waals surface area (Å²) < 4.78 is 6.55. The van der Waals surface area contributed by atoms with Crippen LogP contribution in [-0.2, 0) is 21.4 Å². The maximum absolute atomic E-state index is 13.5. The Morgan fingerprint density at radius 2 is 1.56 bits per heavy atom. The first-order valence-corrected chi connectivity index (χ1v) is 16.0. The number of ether oxygens (including phenoxy) is 1. The Bertz CT molecular complexity index is 1540. The Kier molecular flexibility index (Phi) is 7.16. The minimum Gasteiger partial charge on any atom is -0.504 e. The molecule has 0 radical (unpaired) electrons. The number of imide groups is 1. The number of hydrogen-bond donors (Lipinski definition) is 4. The van der Waals surface area contributed by atoms with E-state index in [1.807, 2.05) is 6.07 Å². The van der Waals surface area contributed by atoms with Crippen molar-refractivity contribution in [3.05, 3.63) is 58.7 Å². The molecule has 5 atom stereocenters. The molecule has 2 aromatic rings. The molecule has 1 saturated heterocycles. The van der Waals surface area contributed by atoms with Gasteiger partial charge in [-0.1, -0.05) is 18.2 Å². The van der Waals surface area contributed by atoms with Crippen LogP contribution in [0, 0.1) is 5.92 Å². The van der Waals surface area contributed by atoms with Crippen molar-refractivity contribution in [2.24, 2.45) is 5.92 Å². The molecule has 4 N–H and O–H groups in total. The molecule has 3 aliphatic heterocycles. The number of nitrogens with zero attached hydrogens (tertiary/aromatic N) is 2. The number of phenolic OH excluding ortho intramolecular Hbond substituents is 1. The van der Waals surface area contributed by atoms with Crippen LogP contribution in [0.25, 0.3) is 0 Å². The SMILES string of the molecule is O=C(O)CCCCC(=O)O.O=C1c2ccccc2C(=O)N1[C@@H]1CC[C@@]2(O)[C@@H]3Cc4ccc(O)c5c4[C@@]2(CCN3CC2CC2)[C@H]1O5. The van der Waals surface area contributed by atoms with Gasteiger partial charge < -0.3 is 25.2 Å². The maximum Gasteiger partial charge on any atom is 0.303 e.